The fourth-order valence-corrected chi connectivity index (χ4v) is 2.91. The second-order valence-electron chi connectivity index (χ2n) is 6.31. The van der Waals surface area contributed by atoms with Gasteiger partial charge in [-0.1, -0.05) is 48.0 Å². The van der Waals surface area contributed by atoms with Crippen molar-refractivity contribution in [1.82, 2.24) is 0 Å². The number of allylic oxidation sites excluding steroid dienone is 1. The normalized spacial score (nSPS) is 11.1. The average molecular weight is 403 g/mol. The van der Waals surface area contributed by atoms with Crippen LogP contribution in [0, 0.1) is 0 Å². The molecule has 0 bridgehead atoms. The Balaban J connectivity index is 1.48. The molecule has 0 N–H and O–H groups in total. The van der Waals surface area contributed by atoms with E-state index in [1.807, 2.05) is 18.2 Å². The predicted molar refractivity (Wildman–Crippen MR) is 114 cm³/mol. The van der Waals surface area contributed by atoms with Gasteiger partial charge in [-0.3, -0.25) is 4.79 Å². The van der Waals surface area contributed by atoms with Crippen LogP contribution in [0.15, 0.2) is 94.2 Å². The number of para-hydroxylation sites is 1. The van der Waals surface area contributed by atoms with Crippen molar-refractivity contribution in [3.05, 3.63) is 112 Å². The molecule has 29 heavy (non-hydrogen) atoms. The van der Waals surface area contributed by atoms with Crippen molar-refractivity contribution in [2.75, 3.05) is 0 Å². The maximum absolute atomic E-state index is 12.4. The van der Waals surface area contributed by atoms with Gasteiger partial charge in [-0.05, 0) is 60.2 Å². The Morgan fingerprint density at radius 2 is 1.55 bits per heavy atom. The molecular formula is C24H15ClO4. The van der Waals surface area contributed by atoms with Crippen molar-refractivity contribution in [2.24, 2.45) is 0 Å². The highest BCUT2D eigenvalue weighted by atomic mass is 35.5. The van der Waals surface area contributed by atoms with E-state index in [-0.39, 0.29) is 5.56 Å². The van der Waals surface area contributed by atoms with Crippen molar-refractivity contribution in [3.63, 3.8) is 0 Å². The number of ether oxygens (including phenoxy) is 1. The molecule has 1 heterocycles. The number of carbonyl (C=O) groups excluding carboxylic acids is 1. The molecule has 4 aromatic rings. The van der Waals surface area contributed by atoms with E-state index in [2.05, 4.69) is 0 Å². The zero-order valence-corrected chi connectivity index (χ0v) is 15.9. The molecule has 4 rings (SSSR count). The van der Waals surface area contributed by atoms with E-state index in [0.717, 1.165) is 5.56 Å². The molecule has 0 saturated heterocycles. The minimum atomic E-state index is -0.648. The van der Waals surface area contributed by atoms with E-state index in [9.17, 15) is 9.59 Å². The van der Waals surface area contributed by atoms with Crippen LogP contribution < -0.4 is 10.4 Å². The fourth-order valence-electron chi connectivity index (χ4n) is 2.78. The summed E-state index contributed by atoms with van der Waals surface area (Å²) in [5, 5.41) is 1.34. The molecule has 0 aliphatic heterocycles. The van der Waals surface area contributed by atoms with E-state index in [1.165, 1.54) is 6.08 Å². The molecule has 0 amide bonds. The molecule has 4 nitrogen and oxygen atoms in total. The van der Waals surface area contributed by atoms with E-state index < -0.39 is 11.4 Å². The third kappa shape index (κ3) is 4.45. The quantitative estimate of drug-likeness (QED) is 0.229. The number of hydrogen-bond donors (Lipinski definition) is 0. The molecule has 3 aromatic carbocycles. The lowest BCUT2D eigenvalue weighted by Crippen LogP contribution is -2.11. The highest BCUT2D eigenvalue weighted by Gasteiger charge is 2.11. The first-order chi connectivity index (χ1) is 14.1. The Morgan fingerprint density at radius 1 is 0.897 bits per heavy atom. The van der Waals surface area contributed by atoms with Crippen molar-refractivity contribution >= 4 is 34.4 Å². The fraction of sp³-hybridized carbons (Fsp3) is 0. The van der Waals surface area contributed by atoms with Crippen molar-refractivity contribution in [2.45, 2.75) is 0 Å². The predicted octanol–water partition coefficient (Wildman–Crippen LogP) is 6.13. The average Bonchev–Trinajstić information content (AvgIpc) is 2.74. The molecule has 0 saturated carbocycles. The summed E-state index contributed by atoms with van der Waals surface area (Å²) >= 11 is 5.86. The summed E-state index contributed by atoms with van der Waals surface area (Å²) in [5.74, 6) is 0.924. The Hall–Kier alpha value is -3.63. The van der Waals surface area contributed by atoms with Crippen molar-refractivity contribution < 1.29 is 13.9 Å². The molecule has 0 aliphatic carbocycles. The first-order valence-corrected chi connectivity index (χ1v) is 9.25. The lowest BCUT2D eigenvalue weighted by atomic mass is 10.1. The van der Waals surface area contributed by atoms with Gasteiger partial charge in [0.25, 0.3) is 0 Å². The lowest BCUT2D eigenvalue weighted by molar-refractivity contribution is 0.104. The van der Waals surface area contributed by atoms with Crippen LogP contribution in [-0.2, 0) is 0 Å². The lowest BCUT2D eigenvalue weighted by Gasteiger charge is -2.05. The Morgan fingerprint density at radius 3 is 2.28 bits per heavy atom. The van der Waals surface area contributed by atoms with Gasteiger partial charge in [0.15, 0.2) is 5.78 Å². The standard InChI is InChI=1S/C24H15ClO4/c25-18-8-12-20(13-9-18)28-19-10-5-16(6-11-19)7-14-22(26)21-15-17-3-1-2-4-23(17)29-24(21)27/h1-15H/b14-7+. The number of benzene rings is 3. The molecule has 142 valence electrons. The van der Waals surface area contributed by atoms with Crippen LogP contribution in [0.2, 0.25) is 5.02 Å². The molecule has 0 fully saturated rings. The van der Waals surface area contributed by atoms with Gasteiger partial charge in [-0.2, -0.15) is 0 Å². The third-order valence-corrected chi connectivity index (χ3v) is 4.52. The first kappa shape index (κ1) is 18.7. The molecule has 0 radical (unpaired) electrons. The van der Waals surface area contributed by atoms with Crippen LogP contribution in [-0.4, -0.2) is 5.78 Å². The SMILES string of the molecule is O=C(/C=C/c1ccc(Oc2ccc(Cl)cc2)cc1)c1cc2ccccc2oc1=O. The summed E-state index contributed by atoms with van der Waals surface area (Å²) in [4.78, 5) is 24.5. The summed E-state index contributed by atoms with van der Waals surface area (Å²) in [7, 11) is 0. The maximum atomic E-state index is 12.4. The summed E-state index contributed by atoms with van der Waals surface area (Å²) in [5.41, 5.74) is 0.606. The van der Waals surface area contributed by atoms with Gasteiger partial charge in [0.1, 0.15) is 22.6 Å². The molecule has 0 aliphatic rings. The second kappa shape index (κ2) is 8.17. The Bertz CT molecular complexity index is 1250. The summed E-state index contributed by atoms with van der Waals surface area (Å²) < 4.78 is 10.9. The van der Waals surface area contributed by atoms with E-state index >= 15 is 0 Å². The molecular weight excluding hydrogens is 388 g/mol. The van der Waals surface area contributed by atoms with Crippen LogP contribution in [0.1, 0.15) is 15.9 Å². The van der Waals surface area contributed by atoms with E-state index in [0.29, 0.717) is 27.5 Å². The minimum absolute atomic E-state index is 0.00245. The zero-order valence-electron chi connectivity index (χ0n) is 15.2. The van der Waals surface area contributed by atoms with Crippen LogP contribution in [0.25, 0.3) is 17.0 Å². The van der Waals surface area contributed by atoms with Crippen molar-refractivity contribution in [3.8, 4) is 11.5 Å². The van der Waals surface area contributed by atoms with E-state index in [1.54, 1.807) is 66.7 Å². The number of rotatable bonds is 5. The van der Waals surface area contributed by atoms with Crippen LogP contribution >= 0.6 is 11.6 Å². The molecule has 0 atom stereocenters. The van der Waals surface area contributed by atoms with Crippen LogP contribution in [0.5, 0.6) is 11.5 Å². The molecule has 5 heteroatoms. The van der Waals surface area contributed by atoms with Gasteiger partial charge in [0.05, 0.1) is 0 Å². The summed E-state index contributed by atoms with van der Waals surface area (Å²) in [6.45, 7) is 0. The number of carbonyl (C=O) groups is 1. The number of fused-ring (bicyclic) bond motifs is 1. The topological polar surface area (TPSA) is 56.5 Å². The van der Waals surface area contributed by atoms with Gasteiger partial charge in [0.2, 0.25) is 0 Å². The second-order valence-corrected chi connectivity index (χ2v) is 6.74. The van der Waals surface area contributed by atoms with Gasteiger partial charge in [-0.15, -0.1) is 0 Å². The number of halogens is 1. The van der Waals surface area contributed by atoms with Gasteiger partial charge in [-0.25, -0.2) is 4.79 Å². The van der Waals surface area contributed by atoms with Crippen LogP contribution in [0.3, 0.4) is 0 Å². The monoisotopic (exact) mass is 402 g/mol. The minimum Gasteiger partial charge on any atom is -0.457 e. The van der Waals surface area contributed by atoms with Gasteiger partial charge < -0.3 is 9.15 Å². The van der Waals surface area contributed by atoms with Gasteiger partial charge in [0, 0.05) is 10.4 Å². The van der Waals surface area contributed by atoms with E-state index in [4.69, 9.17) is 20.8 Å². The summed E-state index contributed by atoms with van der Waals surface area (Å²) in [6.07, 6.45) is 3.00. The largest absolute Gasteiger partial charge is 0.457 e. The Labute approximate surface area is 171 Å². The maximum Gasteiger partial charge on any atom is 0.347 e. The van der Waals surface area contributed by atoms with Crippen molar-refractivity contribution in [1.29, 1.82) is 0 Å². The smallest absolute Gasteiger partial charge is 0.347 e. The third-order valence-electron chi connectivity index (χ3n) is 4.26. The Kier molecular flexibility index (Phi) is 5.27. The van der Waals surface area contributed by atoms with Gasteiger partial charge >= 0.3 is 5.63 Å². The van der Waals surface area contributed by atoms with Crippen LogP contribution in [0.4, 0.5) is 0 Å². The highest BCUT2D eigenvalue weighted by Crippen LogP contribution is 2.23. The molecule has 0 spiro atoms. The zero-order chi connectivity index (χ0) is 20.2. The molecule has 0 unspecified atom stereocenters. The number of hydrogen-bond acceptors (Lipinski definition) is 4. The molecule has 1 aromatic heterocycles. The highest BCUT2D eigenvalue weighted by molar-refractivity contribution is 6.30. The first-order valence-electron chi connectivity index (χ1n) is 8.87. The summed E-state index contributed by atoms with van der Waals surface area (Å²) in [6, 6.07) is 22.9. The number of ketones is 1.